The molecule has 1 aliphatic rings. The summed E-state index contributed by atoms with van der Waals surface area (Å²) in [5, 5.41) is 2.83. The second-order valence-corrected chi connectivity index (χ2v) is 6.72. The van der Waals surface area contributed by atoms with Crippen molar-refractivity contribution in [3.8, 4) is 0 Å². The van der Waals surface area contributed by atoms with Crippen LogP contribution in [0.1, 0.15) is 49.4 Å². The first-order valence-corrected chi connectivity index (χ1v) is 8.09. The van der Waals surface area contributed by atoms with Gasteiger partial charge in [0.05, 0.1) is 5.56 Å². The van der Waals surface area contributed by atoms with Crippen molar-refractivity contribution in [3.63, 3.8) is 0 Å². The summed E-state index contributed by atoms with van der Waals surface area (Å²) < 4.78 is 14.3. The zero-order valence-electron chi connectivity index (χ0n) is 11.8. The third kappa shape index (κ3) is 4.30. The van der Waals surface area contributed by atoms with E-state index in [1.807, 2.05) is 0 Å². The molecule has 1 aromatic carbocycles. The molecular formula is C16H21BrFNO. The molecule has 2 nitrogen and oxygen atoms in total. The highest BCUT2D eigenvalue weighted by atomic mass is 79.9. The quantitative estimate of drug-likeness (QED) is 0.856. The Balaban J connectivity index is 1.81. The molecule has 2 atom stereocenters. The zero-order chi connectivity index (χ0) is 14.5. The van der Waals surface area contributed by atoms with E-state index in [2.05, 4.69) is 28.2 Å². The molecule has 1 fully saturated rings. The van der Waals surface area contributed by atoms with Crippen molar-refractivity contribution in [2.75, 3.05) is 6.54 Å². The summed E-state index contributed by atoms with van der Waals surface area (Å²) in [6.45, 7) is 2.92. The molecule has 1 N–H and O–H groups in total. The molecule has 1 aliphatic carbocycles. The SMILES string of the molecule is CC1CCCC(CCNC(=O)c2cc(Br)ccc2F)C1. The number of rotatable bonds is 4. The normalized spacial score (nSPS) is 22.6. The van der Waals surface area contributed by atoms with Crippen molar-refractivity contribution in [1.82, 2.24) is 5.32 Å². The number of hydrogen-bond donors (Lipinski definition) is 1. The number of amides is 1. The van der Waals surface area contributed by atoms with E-state index in [0.717, 1.165) is 12.3 Å². The van der Waals surface area contributed by atoms with Crippen LogP contribution in [-0.2, 0) is 0 Å². The Labute approximate surface area is 128 Å². The summed E-state index contributed by atoms with van der Waals surface area (Å²) in [6.07, 6.45) is 6.12. The van der Waals surface area contributed by atoms with E-state index >= 15 is 0 Å². The number of halogens is 2. The Kier molecular flexibility index (Phi) is 5.58. The molecule has 110 valence electrons. The molecule has 0 spiro atoms. The average molecular weight is 342 g/mol. The van der Waals surface area contributed by atoms with Crippen molar-refractivity contribution in [2.24, 2.45) is 11.8 Å². The first-order valence-electron chi connectivity index (χ1n) is 7.29. The maximum atomic E-state index is 13.6. The Morgan fingerprint density at radius 2 is 2.25 bits per heavy atom. The largest absolute Gasteiger partial charge is 0.352 e. The number of carbonyl (C=O) groups excluding carboxylic acids is 1. The maximum absolute atomic E-state index is 13.6. The van der Waals surface area contributed by atoms with Crippen LogP contribution < -0.4 is 5.32 Å². The molecule has 0 radical (unpaired) electrons. The van der Waals surface area contributed by atoms with Gasteiger partial charge >= 0.3 is 0 Å². The fraction of sp³-hybridized carbons (Fsp3) is 0.562. The van der Waals surface area contributed by atoms with Crippen LogP contribution in [-0.4, -0.2) is 12.5 Å². The van der Waals surface area contributed by atoms with Crippen LogP contribution in [0.2, 0.25) is 0 Å². The molecule has 1 amide bonds. The summed E-state index contributed by atoms with van der Waals surface area (Å²) >= 11 is 3.26. The molecule has 1 aromatic rings. The van der Waals surface area contributed by atoms with Crippen LogP contribution in [0.25, 0.3) is 0 Å². The molecule has 2 unspecified atom stereocenters. The van der Waals surface area contributed by atoms with Crippen LogP contribution >= 0.6 is 15.9 Å². The lowest BCUT2D eigenvalue weighted by molar-refractivity contribution is 0.0945. The van der Waals surface area contributed by atoms with E-state index in [0.29, 0.717) is 16.9 Å². The summed E-state index contributed by atoms with van der Waals surface area (Å²) in [5.74, 6) is 0.697. The Hall–Kier alpha value is -0.900. The van der Waals surface area contributed by atoms with Gasteiger partial charge in [0, 0.05) is 11.0 Å². The van der Waals surface area contributed by atoms with Gasteiger partial charge in [-0.15, -0.1) is 0 Å². The highest BCUT2D eigenvalue weighted by Crippen LogP contribution is 2.30. The molecule has 1 saturated carbocycles. The number of carbonyl (C=O) groups is 1. The molecule has 0 aliphatic heterocycles. The van der Waals surface area contributed by atoms with E-state index in [-0.39, 0.29) is 11.5 Å². The van der Waals surface area contributed by atoms with Gasteiger partial charge in [0.2, 0.25) is 0 Å². The second kappa shape index (κ2) is 7.21. The van der Waals surface area contributed by atoms with Crippen LogP contribution in [0.5, 0.6) is 0 Å². The monoisotopic (exact) mass is 341 g/mol. The van der Waals surface area contributed by atoms with Crippen LogP contribution in [0.15, 0.2) is 22.7 Å². The van der Waals surface area contributed by atoms with Gasteiger partial charge in [0.25, 0.3) is 5.91 Å². The first kappa shape index (κ1) is 15.5. The van der Waals surface area contributed by atoms with E-state index in [1.165, 1.54) is 37.8 Å². The van der Waals surface area contributed by atoms with Gasteiger partial charge in [0.15, 0.2) is 0 Å². The van der Waals surface area contributed by atoms with Gasteiger partial charge in [-0.3, -0.25) is 4.79 Å². The van der Waals surface area contributed by atoms with E-state index in [9.17, 15) is 9.18 Å². The summed E-state index contributed by atoms with van der Waals surface area (Å²) in [4.78, 5) is 12.0. The van der Waals surface area contributed by atoms with E-state index in [1.54, 1.807) is 6.07 Å². The number of benzene rings is 1. The van der Waals surface area contributed by atoms with Crippen LogP contribution in [0, 0.1) is 17.7 Å². The van der Waals surface area contributed by atoms with Gasteiger partial charge in [-0.1, -0.05) is 42.1 Å². The molecule has 0 heterocycles. The zero-order valence-corrected chi connectivity index (χ0v) is 13.4. The fourth-order valence-corrected chi connectivity index (χ4v) is 3.34. The lowest BCUT2D eigenvalue weighted by atomic mass is 9.81. The number of hydrogen-bond acceptors (Lipinski definition) is 1. The maximum Gasteiger partial charge on any atom is 0.254 e. The lowest BCUT2D eigenvalue weighted by Gasteiger charge is -2.26. The standard InChI is InChI=1S/C16H21BrFNO/c1-11-3-2-4-12(9-11)7-8-19-16(20)14-10-13(17)5-6-15(14)18/h5-6,10-12H,2-4,7-9H2,1H3,(H,19,20). The molecule has 20 heavy (non-hydrogen) atoms. The predicted molar refractivity (Wildman–Crippen MR) is 82.2 cm³/mol. The smallest absolute Gasteiger partial charge is 0.254 e. The van der Waals surface area contributed by atoms with Crippen molar-refractivity contribution < 1.29 is 9.18 Å². The third-order valence-electron chi connectivity index (χ3n) is 4.06. The van der Waals surface area contributed by atoms with Crippen LogP contribution in [0.4, 0.5) is 4.39 Å². The summed E-state index contributed by atoms with van der Waals surface area (Å²) in [6, 6.07) is 4.42. The van der Waals surface area contributed by atoms with Crippen molar-refractivity contribution in [2.45, 2.75) is 39.0 Å². The molecule has 0 saturated heterocycles. The second-order valence-electron chi connectivity index (χ2n) is 5.81. The highest BCUT2D eigenvalue weighted by Gasteiger charge is 2.19. The first-order chi connectivity index (χ1) is 9.56. The van der Waals surface area contributed by atoms with Gasteiger partial charge < -0.3 is 5.32 Å². The Bertz CT molecular complexity index is 478. The summed E-state index contributed by atoms with van der Waals surface area (Å²) in [5.41, 5.74) is 0.108. The van der Waals surface area contributed by atoms with E-state index in [4.69, 9.17) is 0 Å². The minimum absolute atomic E-state index is 0.108. The fourth-order valence-electron chi connectivity index (χ4n) is 2.98. The molecular weight excluding hydrogens is 321 g/mol. The molecule has 2 rings (SSSR count). The Morgan fingerprint density at radius 3 is 3.00 bits per heavy atom. The minimum Gasteiger partial charge on any atom is -0.352 e. The van der Waals surface area contributed by atoms with Crippen molar-refractivity contribution in [3.05, 3.63) is 34.1 Å². The van der Waals surface area contributed by atoms with Gasteiger partial charge in [-0.2, -0.15) is 0 Å². The lowest BCUT2D eigenvalue weighted by Crippen LogP contribution is -2.27. The van der Waals surface area contributed by atoms with Gasteiger partial charge in [-0.05, 0) is 42.9 Å². The predicted octanol–water partition coefficient (Wildman–Crippen LogP) is 4.53. The molecule has 0 bridgehead atoms. The molecule has 4 heteroatoms. The Morgan fingerprint density at radius 1 is 1.45 bits per heavy atom. The molecule has 0 aromatic heterocycles. The topological polar surface area (TPSA) is 29.1 Å². The highest BCUT2D eigenvalue weighted by molar-refractivity contribution is 9.10. The van der Waals surface area contributed by atoms with Crippen LogP contribution in [0.3, 0.4) is 0 Å². The van der Waals surface area contributed by atoms with Gasteiger partial charge in [0.1, 0.15) is 5.82 Å². The number of nitrogens with one attached hydrogen (secondary N) is 1. The van der Waals surface area contributed by atoms with E-state index < -0.39 is 5.82 Å². The summed E-state index contributed by atoms with van der Waals surface area (Å²) in [7, 11) is 0. The average Bonchev–Trinajstić information content (AvgIpc) is 2.41. The third-order valence-corrected chi connectivity index (χ3v) is 4.55. The van der Waals surface area contributed by atoms with Crippen molar-refractivity contribution >= 4 is 21.8 Å². The minimum atomic E-state index is -0.475. The van der Waals surface area contributed by atoms with Crippen molar-refractivity contribution in [1.29, 1.82) is 0 Å². The van der Waals surface area contributed by atoms with Gasteiger partial charge in [-0.25, -0.2) is 4.39 Å².